The van der Waals surface area contributed by atoms with Crippen LogP contribution in [0.25, 0.3) is 0 Å². The summed E-state index contributed by atoms with van der Waals surface area (Å²) in [5.74, 6) is -6.39. The molecule has 6 heteroatoms. The fourth-order valence-electron chi connectivity index (χ4n) is 2.44. The highest BCUT2D eigenvalue weighted by molar-refractivity contribution is 5.93. The lowest BCUT2D eigenvalue weighted by atomic mass is 9.94. The molecular weight excluding hydrogens is 344 g/mol. The number of Topliss-reactive ketones (excluding diaryl/α,β-unsaturated/α-hetero) is 1. The monoisotopic (exact) mass is 383 g/mol. The molecule has 148 valence electrons. The first-order valence-corrected chi connectivity index (χ1v) is 8.50. The molecule has 0 radical (unpaired) electrons. The lowest BCUT2D eigenvalue weighted by Crippen LogP contribution is -2.44. The molecule has 1 aliphatic heterocycles. The second-order valence-corrected chi connectivity index (χ2v) is 6.77. The second kappa shape index (κ2) is 8.65. The molecule has 6 nitrogen and oxygen atoms in total. The molecule has 0 bridgehead atoms. The van der Waals surface area contributed by atoms with Crippen LogP contribution in [0.3, 0.4) is 0 Å². The first-order chi connectivity index (χ1) is 16.1. The molecule has 0 fully saturated rings. The number of rotatable bonds is 6. The average molecular weight is 384 g/mol. The van der Waals surface area contributed by atoms with Crippen LogP contribution in [0.2, 0.25) is 0 Å². The molecule has 27 heavy (non-hydrogen) atoms. The van der Waals surface area contributed by atoms with Crippen LogP contribution in [0.5, 0.6) is 0 Å². The molecule has 1 aliphatic rings. The van der Waals surface area contributed by atoms with Crippen molar-refractivity contribution >= 4 is 17.6 Å². The predicted octanol–water partition coefficient (Wildman–Crippen LogP) is 1.86. The van der Waals surface area contributed by atoms with E-state index in [2.05, 4.69) is 0 Å². The van der Waals surface area contributed by atoms with E-state index in [9.17, 15) is 19.5 Å². The third kappa shape index (κ3) is 4.75. The van der Waals surface area contributed by atoms with Gasteiger partial charge in [0.1, 0.15) is 12.1 Å². The number of aliphatic hydroxyl groups is 1. The standard InChI is InChI=1S/C21H30N2O4/c1-12(2)19(25)17(24)10-13(3)20(26)22-18-16-9-7-6-8-15(16)11-14(4)23(5)21(18)27/h6-9,12-14,18-19,25H,10-11H2,1-5H3,(H,22,26)/t13-,14?,18+,19+/m1/s1/i6D,7D,8D,9D,11D2,13D,14D,18D. The van der Waals surface area contributed by atoms with Gasteiger partial charge in [-0.05, 0) is 30.3 Å². The zero-order valence-electron chi connectivity index (χ0n) is 25.0. The summed E-state index contributed by atoms with van der Waals surface area (Å²) in [6.45, 7) is 5.11. The zero-order chi connectivity index (χ0) is 28.3. The normalized spacial score (nSPS) is 35.3. The van der Waals surface area contributed by atoms with E-state index in [0.29, 0.717) is 4.90 Å². The lowest BCUT2D eigenvalue weighted by molar-refractivity contribution is -0.138. The smallest absolute Gasteiger partial charge is 0.249 e. The molecule has 4 atom stereocenters. The van der Waals surface area contributed by atoms with Crippen molar-refractivity contribution < 1.29 is 31.8 Å². The van der Waals surface area contributed by atoms with E-state index in [1.165, 1.54) is 0 Å². The van der Waals surface area contributed by atoms with Crippen molar-refractivity contribution in [1.82, 2.24) is 10.2 Å². The quantitative estimate of drug-likeness (QED) is 0.785. The molecule has 0 aromatic heterocycles. The summed E-state index contributed by atoms with van der Waals surface area (Å²) in [6, 6.07) is -9.20. The second-order valence-electron chi connectivity index (χ2n) is 6.77. The summed E-state index contributed by atoms with van der Waals surface area (Å²) in [6.07, 6.45) is -5.20. The van der Waals surface area contributed by atoms with Crippen LogP contribution in [-0.4, -0.2) is 46.8 Å². The first-order valence-electron chi connectivity index (χ1n) is 13.0. The number of nitrogens with zero attached hydrogens (tertiary/aromatic N) is 1. The number of carbonyl (C=O) groups excluding carboxylic acids is 3. The van der Waals surface area contributed by atoms with Crippen molar-refractivity contribution in [1.29, 1.82) is 0 Å². The van der Waals surface area contributed by atoms with Gasteiger partial charge in [0.2, 0.25) is 11.8 Å². The Labute approximate surface area is 173 Å². The largest absolute Gasteiger partial charge is 0.385 e. The first kappa shape index (κ1) is 11.6. The van der Waals surface area contributed by atoms with Crippen molar-refractivity contribution in [2.24, 2.45) is 11.8 Å². The molecule has 2 N–H and O–H groups in total. The highest BCUT2D eigenvalue weighted by Crippen LogP contribution is 2.27. The summed E-state index contributed by atoms with van der Waals surface area (Å²) in [7, 11) is 0.993. The minimum atomic E-state index is -3.08. The van der Waals surface area contributed by atoms with Crippen LogP contribution >= 0.6 is 0 Å². The van der Waals surface area contributed by atoms with E-state index in [1.54, 1.807) is 13.8 Å². The number of likely N-dealkylation sites (N-methyl/N-ethyl adjacent to an activating group) is 1. The van der Waals surface area contributed by atoms with Crippen molar-refractivity contribution in [2.75, 3.05) is 7.05 Å². The van der Waals surface area contributed by atoms with Gasteiger partial charge in [0, 0.05) is 29.5 Å². The van der Waals surface area contributed by atoms with E-state index in [-0.39, 0.29) is 0 Å². The maximum absolute atomic E-state index is 13.5. The van der Waals surface area contributed by atoms with Crippen molar-refractivity contribution in [3.05, 3.63) is 35.3 Å². The molecule has 2 amide bonds. The van der Waals surface area contributed by atoms with Gasteiger partial charge >= 0.3 is 0 Å². The van der Waals surface area contributed by atoms with Gasteiger partial charge in [0.25, 0.3) is 0 Å². The fraction of sp³-hybridized carbons (Fsp3) is 0.571. The van der Waals surface area contributed by atoms with Gasteiger partial charge in [0.15, 0.2) is 5.78 Å². The number of hydrogen-bond acceptors (Lipinski definition) is 4. The fourth-order valence-corrected chi connectivity index (χ4v) is 2.44. The molecule has 1 heterocycles. The van der Waals surface area contributed by atoms with Gasteiger partial charge in [-0.3, -0.25) is 14.4 Å². The minimum Gasteiger partial charge on any atom is -0.385 e. The number of carbonyl (C=O) groups is 3. The molecule has 1 aromatic carbocycles. The van der Waals surface area contributed by atoms with Crippen LogP contribution < -0.4 is 5.32 Å². The molecule has 1 aromatic rings. The number of hydrogen-bond donors (Lipinski definition) is 2. The van der Waals surface area contributed by atoms with Crippen molar-refractivity contribution in [3.63, 3.8) is 0 Å². The van der Waals surface area contributed by atoms with Gasteiger partial charge in [-0.2, -0.15) is 0 Å². The van der Waals surface area contributed by atoms with Crippen molar-refractivity contribution in [3.8, 4) is 0 Å². The molecule has 1 unspecified atom stereocenters. The predicted molar refractivity (Wildman–Crippen MR) is 103 cm³/mol. The number of nitrogens with one attached hydrogen (secondary N) is 1. The summed E-state index contributed by atoms with van der Waals surface area (Å²) in [4.78, 5) is 39.5. The third-order valence-electron chi connectivity index (χ3n) is 4.29. The van der Waals surface area contributed by atoms with E-state index >= 15 is 0 Å². The van der Waals surface area contributed by atoms with Gasteiger partial charge in [-0.25, -0.2) is 0 Å². The number of benzene rings is 1. The Morgan fingerprint density at radius 2 is 2.07 bits per heavy atom. The molecule has 0 aliphatic carbocycles. The average Bonchev–Trinajstić information content (AvgIpc) is 2.79. The van der Waals surface area contributed by atoms with E-state index in [4.69, 9.17) is 12.3 Å². The highest BCUT2D eigenvalue weighted by atomic mass is 16.3. The third-order valence-corrected chi connectivity index (χ3v) is 4.29. The van der Waals surface area contributed by atoms with Crippen LogP contribution in [0.4, 0.5) is 0 Å². The Morgan fingerprint density at radius 3 is 2.70 bits per heavy atom. The Morgan fingerprint density at radius 1 is 1.44 bits per heavy atom. The zero-order valence-corrected chi connectivity index (χ0v) is 16.0. The van der Waals surface area contributed by atoms with Crippen LogP contribution in [0.15, 0.2) is 24.2 Å². The van der Waals surface area contributed by atoms with Crippen LogP contribution in [0.1, 0.15) is 63.6 Å². The minimum absolute atomic E-state index is 0.504. The Bertz CT molecular complexity index is 1120. The van der Waals surface area contributed by atoms with E-state index in [1.807, 2.05) is 5.32 Å². The molecule has 2 rings (SSSR count). The topological polar surface area (TPSA) is 86.7 Å². The maximum atomic E-state index is 13.5. The number of ketones is 1. The van der Waals surface area contributed by atoms with Gasteiger partial charge in [0.05, 0.1) is 8.22 Å². The summed E-state index contributed by atoms with van der Waals surface area (Å²) in [5.41, 5.74) is -1.75. The molecule has 0 saturated carbocycles. The van der Waals surface area contributed by atoms with Crippen LogP contribution in [0, 0.1) is 11.8 Å². The van der Waals surface area contributed by atoms with Gasteiger partial charge in [-0.1, -0.05) is 44.9 Å². The summed E-state index contributed by atoms with van der Waals surface area (Å²) >= 11 is 0. The van der Waals surface area contributed by atoms with E-state index < -0.39 is 95.6 Å². The SMILES string of the molecule is [2H]c1c([2H])c([2H])c2c(c1[2H])C([2H])([2H])C([2H])(C)N(C)C(=O)[C@@]2([2H])NC(=O)[C@]([2H])(C)CC(=O)[C@@H](O)C(C)C. The number of aliphatic hydroxyl groups excluding tert-OH is 1. The summed E-state index contributed by atoms with van der Waals surface area (Å²) in [5, 5.41) is 12.0. The molecule has 0 spiro atoms. The van der Waals surface area contributed by atoms with Gasteiger partial charge in [-0.15, -0.1) is 0 Å². The Balaban J connectivity index is 2.79. The van der Waals surface area contributed by atoms with E-state index in [0.717, 1.165) is 20.9 Å². The Kier molecular flexibility index (Phi) is 3.71. The van der Waals surface area contributed by atoms with Crippen molar-refractivity contribution in [2.45, 2.75) is 58.6 Å². The number of fused-ring (bicyclic) bond motifs is 1. The Hall–Kier alpha value is -2.21. The van der Waals surface area contributed by atoms with Gasteiger partial charge < -0.3 is 15.3 Å². The molecular formula is C21H30N2O4. The number of amides is 2. The van der Waals surface area contributed by atoms with Crippen LogP contribution in [-0.2, 0) is 20.8 Å². The summed E-state index contributed by atoms with van der Waals surface area (Å²) < 4.78 is 75.6. The maximum Gasteiger partial charge on any atom is 0.249 e. The highest BCUT2D eigenvalue weighted by Gasteiger charge is 2.34. The molecule has 0 saturated heterocycles. The lowest BCUT2D eigenvalue weighted by Gasteiger charge is -2.26.